The van der Waals surface area contributed by atoms with Crippen molar-refractivity contribution in [2.75, 3.05) is 13.1 Å². The molecule has 1 aliphatic heterocycles. The van der Waals surface area contributed by atoms with E-state index in [0.717, 1.165) is 48.8 Å². The molecule has 0 spiro atoms. The average Bonchev–Trinajstić information content (AvgIpc) is 2.93. The number of benzene rings is 1. The van der Waals surface area contributed by atoms with E-state index in [9.17, 15) is 4.79 Å². The highest BCUT2D eigenvalue weighted by Crippen LogP contribution is 2.22. The monoisotopic (exact) mass is 386 g/mol. The van der Waals surface area contributed by atoms with E-state index < -0.39 is 0 Å². The van der Waals surface area contributed by atoms with Crippen LogP contribution in [-0.2, 0) is 6.54 Å². The number of aromatic nitrogens is 4. The molecule has 1 amide bonds. The third-order valence-electron chi connectivity index (χ3n) is 4.89. The molecule has 0 bridgehead atoms. The number of nitrogens with zero attached hydrogens (tertiary/aromatic N) is 4. The van der Waals surface area contributed by atoms with Crippen molar-refractivity contribution in [3.05, 3.63) is 54.2 Å². The van der Waals surface area contributed by atoms with Crippen LogP contribution in [0.2, 0.25) is 0 Å². The van der Waals surface area contributed by atoms with Crippen molar-refractivity contribution in [3.8, 4) is 0 Å². The average molecular weight is 387 g/mol. The summed E-state index contributed by atoms with van der Waals surface area (Å²) in [4.78, 5) is 23.5. The second kappa shape index (κ2) is 8.92. The van der Waals surface area contributed by atoms with E-state index in [-0.39, 0.29) is 24.4 Å². The number of aromatic amines is 1. The Bertz CT molecular complexity index is 876. The number of rotatable bonds is 4. The lowest BCUT2D eigenvalue weighted by Gasteiger charge is -2.30. The summed E-state index contributed by atoms with van der Waals surface area (Å²) in [6.07, 6.45) is 8.01. The molecule has 1 atom stereocenters. The molecule has 2 N–H and O–H groups in total. The predicted molar refractivity (Wildman–Crippen MR) is 106 cm³/mol. The number of hydrogen-bond acceptors (Lipinski definition) is 5. The van der Waals surface area contributed by atoms with Gasteiger partial charge in [-0.25, -0.2) is 9.97 Å². The van der Waals surface area contributed by atoms with Crippen LogP contribution in [0, 0.1) is 0 Å². The number of hydrogen-bond donors (Lipinski definition) is 2. The van der Waals surface area contributed by atoms with Crippen molar-refractivity contribution in [2.45, 2.75) is 31.8 Å². The molecule has 142 valence electrons. The van der Waals surface area contributed by atoms with Crippen LogP contribution in [0.15, 0.2) is 43.0 Å². The van der Waals surface area contributed by atoms with Crippen LogP contribution in [0.1, 0.15) is 35.3 Å². The molecule has 1 unspecified atom stereocenters. The highest BCUT2D eigenvalue weighted by molar-refractivity contribution is 6.04. The molecule has 0 saturated carbocycles. The number of fused-ring (bicyclic) bond motifs is 1. The molecule has 1 fully saturated rings. The Balaban J connectivity index is 0.00000210. The van der Waals surface area contributed by atoms with Gasteiger partial charge in [-0.3, -0.25) is 9.89 Å². The first-order chi connectivity index (χ1) is 12.8. The minimum Gasteiger partial charge on any atom is -0.330 e. The lowest BCUT2D eigenvalue weighted by molar-refractivity contribution is 0.0640. The first-order valence-corrected chi connectivity index (χ1v) is 9.01. The number of para-hydroxylation sites is 1. The number of nitrogens with one attached hydrogen (secondary N) is 2. The van der Waals surface area contributed by atoms with Crippen LogP contribution >= 0.6 is 12.4 Å². The standard InChI is InChI=1S/C19H22N6O.ClH/c26-19(18-16-5-1-2-6-17(16)23-24-18)25(12-14-10-21-13-22-11-14)15-4-3-8-20-9-7-15;/h1-2,5-6,10-11,13,15,20H,3-4,7-9,12H2,(H,23,24);1H. The molecule has 27 heavy (non-hydrogen) atoms. The summed E-state index contributed by atoms with van der Waals surface area (Å²) >= 11 is 0. The van der Waals surface area contributed by atoms with Gasteiger partial charge in [0.2, 0.25) is 0 Å². The topological polar surface area (TPSA) is 86.8 Å². The normalized spacial score (nSPS) is 17.1. The lowest BCUT2D eigenvalue weighted by Crippen LogP contribution is -2.40. The molecule has 1 aliphatic rings. The first kappa shape index (κ1) is 19.3. The van der Waals surface area contributed by atoms with Crippen molar-refractivity contribution in [1.82, 2.24) is 30.4 Å². The molecule has 4 rings (SSSR count). The van der Waals surface area contributed by atoms with E-state index in [1.165, 1.54) is 6.33 Å². The zero-order valence-corrected chi connectivity index (χ0v) is 15.8. The number of H-pyrrole nitrogens is 1. The molecular formula is C19H23ClN6O. The maximum Gasteiger partial charge on any atom is 0.275 e. The van der Waals surface area contributed by atoms with Gasteiger partial charge in [-0.2, -0.15) is 5.10 Å². The fourth-order valence-corrected chi connectivity index (χ4v) is 3.55. The summed E-state index contributed by atoms with van der Waals surface area (Å²) in [6.45, 7) is 2.41. The number of halogens is 1. The maximum atomic E-state index is 13.4. The fourth-order valence-electron chi connectivity index (χ4n) is 3.55. The summed E-state index contributed by atoms with van der Waals surface area (Å²) in [7, 11) is 0. The van der Waals surface area contributed by atoms with Crippen molar-refractivity contribution >= 4 is 29.2 Å². The summed E-state index contributed by atoms with van der Waals surface area (Å²) in [6, 6.07) is 7.91. The molecule has 0 radical (unpaired) electrons. The van der Waals surface area contributed by atoms with Gasteiger partial charge in [0.15, 0.2) is 5.69 Å². The molecule has 7 nitrogen and oxygen atoms in total. The third kappa shape index (κ3) is 4.26. The summed E-state index contributed by atoms with van der Waals surface area (Å²) < 4.78 is 0. The van der Waals surface area contributed by atoms with Gasteiger partial charge in [0.05, 0.1) is 5.52 Å². The van der Waals surface area contributed by atoms with Crippen molar-refractivity contribution < 1.29 is 4.79 Å². The summed E-state index contributed by atoms with van der Waals surface area (Å²) in [5.41, 5.74) is 2.29. The van der Waals surface area contributed by atoms with Gasteiger partial charge in [-0.15, -0.1) is 12.4 Å². The highest BCUT2D eigenvalue weighted by Gasteiger charge is 2.28. The van der Waals surface area contributed by atoms with Gasteiger partial charge in [-0.1, -0.05) is 18.2 Å². The fraction of sp³-hybridized carbons (Fsp3) is 0.368. The van der Waals surface area contributed by atoms with E-state index in [0.29, 0.717) is 12.2 Å². The van der Waals surface area contributed by atoms with Gasteiger partial charge >= 0.3 is 0 Å². The van der Waals surface area contributed by atoms with E-state index in [2.05, 4.69) is 25.5 Å². The van der Waals surface area contributed by atoms with Crippen molar-refractivity contribution in [3.63, 3.8) is 0 Å². The van der Waals surface area contributed by atoms with Crippen LogP contribution < -0.4 is 5.32 Å². The first-order valence-electron chi connectivity index (χ1n) is 9.01. The van der Waals surface area contributed by atoms with Gasteiger partial charge in [0, 0.05) is 35.9 Å². The van der Waals surface area contributed by atoms with Crippen molar-refractivity contribution in [2.24, 2.45) is 0 Å². The predicted octanol–water partition coefficient (Wildman–Crippen LogP) is 2.56. The second-order valence-electron chi connectivity index (χ2n) is 6.63. The number of carbonyl (C=O) groups is 1. The Morgan fingerprint density at radius 1 is 1.15 bits per heavy atom. The Morgan fingerprint density at radius 3 is 2.81 bits per heavy atom. The van der Waals surface area contributed by atoms with E-state index in [4.69, 9.17) is 0 Å². The Labute approximate surface area is 164 Å². The molecule has 0 aliphatic carbocycles. The largest absolute Gasteiger partial charge is 0.330 e. The molecule has 3 heterocycles. The minimum absolute atomic E-state index is 0. The zero-order valence-electron chi connectivity index (χ0n) is 15.0. The quantitative estimate of drug-likeness (QED) is 0.719. The van der Waals surface area contributed by atoms with E-state index in [1.54, 1.807) is 12.4 Å². The minimum atomic E-state index is -0.0433. The van der Waals surface area contributed by atoms with Crippen LogP contribution in [-0.4, -0.2) is 50.1 Å². The Kier molecular flexibility index (Phi) is 6.36. The zero-order chi connectivity index (χ0) is 17.8. The smallest absolute Gasteiger partial charge is 0.275 e. The SMILES string of the molecule is Cl.O=C(c1n[nH]c2ccccc12)N(Cc1cncnc1)C1CCCNCC1. The van der Waals surface area contributed by atoms with E-state index in [1.807, 2.05) is 29.2 Å². The van der Waals surface area contributed by atoms with Gasteiger partial charge in [0.1, 0.15) is 6.33 Å². The molecular weight excluding hydrogens is 364 g/mol. The summed E-state index contributed by atoms with van der Waals surface area (Å²) in [5, 5.41) is 11.6. The van der Waals surface area contributed by atoms with Crippen LogP contribution in [0.25, 0.3) is 10.9 Å². The Morgan fingerprint density at radius 2 is 1.96 bits per heavy atom. The van der Waals surface area contributed by atoms with Crippen molar-refractivity contribution in [1.29, 1.82) is 0 Å². The molecule has 3 aromatic rings. The summed E-state index contributed by atoms with van der Waals surface area (Å²) in [5.74, 6) is -0.0433. The molecule has 8 heteroatoms. The molecule has 1 saturated heterocycles. The van der Waals surface area contributed by atoms with Gasteiger partial charge < -0.3 is 10.2 Å². The van der Waals surface area contributed by atoms with Gasteiger partial charge in [-0.05, 0) is 38.4 Å². The maximum absolute atomic E-state index is 13.4. The highest BCUT2D eigenvalue weighted by atomic mass is 35.5. The third-order valence-corrected chi connectivity index (χ3v) is 4.89. The number of amides is 1. The lowest BCUT2D eigenvalue weighted by atomic mass is 10.1. The van der Waals surface area contributed by atoms with Crippen LogP contribution in [0.5, 0.6) is 0 Å². The van der Waals surface area contributed by atoms with Crippen LogP contribution in [0.3, 0.4) is 0 Å². The molecule has 1 aromatic carbocycles. The van der Waals surface area contributed by atoms with E-state index >= 15 is 0 Å². The number of carbonyl (C=O) groups excluding carboxylic acids is 1. The van der Waals surface area contributed by atoms with Crippen LogP contribution in [0.4, 0.5) is 0 Å². The molecule has 2 aromatic heterocycles. The second-order valence-corrected chi connectivity index (χ2v) is 6.63. The Hall–Kier alpha value is -2.51. The van der Waals surface area contributed by atoms with Gasteiger partial charge in [0.25, 0.3) is 5.91 Å².